The number of hydrogen-bond acceptors (Lipinski definition) is 4. The molecule has 6 heteroatoms. The molecule has 1 aromatic heterocycles. The van der Waals surface area contributed by atoms with Crippen molar-refractivity contribution in [2.75, 3.05) is 7.11 Å². The number of benzene rings is 2. The first kappa shape index (κ1) is 18.2. The molecule has 1 atom stereocenters. The van der Waals surface area contributed by atoms with Crippen LogP contribution in [0, 0.1) is 5.82 Å². The molecule has 1 amide bonds. The molecule has 4 rings (SSSR count). The van der Waals surface area contributed by atoms with Crippen LogP contribution in [0.2, 0.25) is 0 Å². The summed E-state index contributed by atoms with van der Waals surface area (Å²) < 4.78 is 24.7. The number of hydrogen-bond donors (Lipinski definition) is 1. The fourth-order valence-electron chi connectivity index (χ4n) is 3.56. The molecule has 28 heavy (non-hydrogen) atoms. The Morgan fingerprint density at radius 3 is 2.89 bits per heavy atom. The molecule has 0 radical (unpaired) electrons. The molecule has 144 valence electrons. The van der Waals surface area contributed by atoms with Crippen LogP contribution in [0.1, 0.15) is 35.9 Å². The molecule has 0 saturated heterocycles. The number of nitrogens with zero attached hydrogens (tertiary/aromatic N) is 1. The molecular weight excluding hydrogens is 359 g/mol. The first-order chi connectivity index (χ1) is 13.6. The van der Waals surface area contributed by atoms with E-state index >= 15 is 0 Å². The molecule has 3 aromatic rings. The van der Waals surface area contributed by atoms with Gasteiger partial charge in [0.1, 0.15) is 11.6 Å². The lowest BCUT2D eigenvalue weighted by Gasteiger charge is -2.13. The molecule has 1 aliphatic rings. The van der Waals surface area contributed by atoms with E-state index in [1.165, 1.54) is 6.07 Å². The second kappa shape index (κ2) is 7.84. The third kappa shape index (κ3) is 3.76. The minimum atomic E-state index is -0.194. The van der Waals surface area contributed by atoms with Crippen molar-refractivity contribution in [2.45, 2.75) is 31.7 Å². The van der Waals surface area contributed by atoms with Gasteiger partial charge in [-0.2, -0.15) is 0 Å². The van der Waals surface area contributed by atoms with E-state index in [9.17, 15) is 9.18 Å². The minimum absolute atomic E-state index is 0.0914. The Kier molecular flexibility index (Phi) is 5.10. The smallest absolute Gasteiger partial charge is 0.220 e. The largest absolute Gasteiger partial charge is 0.497 e. The van der Waals surface area contributed by atoms with E-state index in [1.807, 2.05) is 30.3 Å². The average molecular weight is 380 g/mol. The summed E-state index contributed by atoms with van der Waals surface area (Å²) in [6.07, 6.45) is 3.71. The maximum Gasteiger partial charge on any atom is 0.220 e. The van der Waals surface area contributed by atoms with Crippen LogP contribution in [0.3, 0.4) is 0 Å². The Morgan fingerprint density at radius 1 is 1.29 bits per heavy atom. The number of carbonyl (C=O) groups is 1. The van der Waals surface area contributed by atoms with E-state index in [1.54, 1.807) is 19.4 Å². The topological polar surface area (TPSA) is 64.4 Å². The summed E-state index contributed by atoms with van der Waals surface area (Å²) in [7, 11) is 1.62. The van der Waals surface area contributed by atoms with Crippen molar-refractivity contribution < 1.29 is 18.3 Å². The molecule has 0 spiro atoms. The van der Waals surface area contributed by atoms with Crippen LogP contribution in [0.5, 0.6) is 5.75 Å². The van der Waals surface area contributed by atoms with E-state index in [-0.39, 0.29) is 24.2 Å². The van der Waals surface area contributed by atoms with Crippen molar-refractivity contribution in [2.24, 2.45) is 0 Å². The number of aromatic nitrogens is 1. The van der Waals surface area contributed by atoms with Gasteiger partial charge in [-0.1, -0.05) is 12.1 Å². The number of ether oxygens (including phenoxy) is 1. The van der Waals surface area contributed by atoms with Crippen LogP contribution in [0.15, 0.2) is 53.1 Å². The van der Waals surface area contributed by atoms with Crippen LogP contribution in [-0.4, -0.2) is 18.0 Å². The fraction of sp³-hybridized carbons (Fsp3) is 0.273. The quantitative estimate of drug-likeness (QED) is 0.695. The van der Waals surface area contributed by atoms with Crippen LogP contribution < -0.4 is 10.1 Å². The number of halogens is 1. The highest BCUT2D eigenvalue weighted by Crippen LogP contribution is 2.32. The number of fused-ring (bicyclic) bond motifs is 1. The standard InChI is InChI=1S/C22H21FN2O3/c1-27-15-7-5-14(6-8-15)20-13-24-22(28-20)12-11-21(26)25-19-10-9-16-17(19)3-2-4-18(16)23/h2-8,13,19H,9-12H2,1H3,(H,25,26). The summed E-state index contributed by atoms with van der Waals surface area (Å²) in [5, 5.41) is 2.99. The number of aryl methyl sites for hydroxylation is 1. The van der Waals surface area contributed by atoms with Crippen molar-refractivity contribution in [1.29, 1.82) is 0 Å². The normalized spacial score (nSPS) is 15.3. The zero-order valence-corrected chi connectivity index (χ0v) is 15.6. The van der Waals surface area contributed by atoms with E-state index < -0.39 is 0 Å². The van der Waals surface area contributed by atoms with Crippen molar-refractivity contribution in [1.82, 2.24) is 10.3 Å². The van der Waals surface area contributed by atoms with Crippen molar-refractivity contribution in [3.63, 3.8) is 0 Å². The number of oxazole rings is 1. The predicted molar refractivity (Wildman–Crippen MR) is 102 cm³/mol. The van der Waals surface area contributed by atoms with Gasteiger partial charge in [0.25, 0.3) is 0 Å². The van der Waals surface area contributed by atoms with Gasteiger partial charge in [0.05, 0.1) is 19.3 Å². The van der Waals surface area contributed by atoms with Crippen molar-refractivity contribution in [3.8, 4) is 17.1 Å². The van der Waals surface area contributed by atoms with Gasteiger partial charge in [-0.3, -0.25) is 4.79 Å². The highest BCUT2D eigenvalue weighted by Gasteiger charge is 2.26. The summed E-state index contributed by atoms with van der Waals surface area (Å²) in [5.41, 5.74) is 2.49. The molecule has 0 aliphatic heterocycles. The number of nitrogens with one attached hydrogen (secondary N) is 1. The second-order valence-corrected chi connectivity index (χ2v) is 6.81. The fourth-order valence-corrected chi connectivity index (χ4v) is 3.56. The summed E-state index contributed by atoms with van der Waals surface area (Å²) >= 11 is 0. The highest BCUT2D eigenvalue weighted by atomic mass is 19.1. The molecule has 1 N–H and O–H groups in total. The van der Waals surface area contributed by atoms with Gasteiger partial charge in [-0.15, -0.1) is 0 Å². The predicted octanol–water partition coefficient (Wildman–Crippen LogP) is 4.23. The third-order valence-corrected chi connectivity index (χ3v) is 5.04. The van der Waals surface area contributed by atoms with Crippen LogP contribution in [0.4, 0.5) is 4.39 Å². The molecule has 1 heterocycles. The zero-order chi connectivity index (χ0) is 19.5. The van der Waals surface area contributed by atoms with Gasteiger partial charge in [0, 0.05) is 18.4 Å². The van der Waals surface area contributed by atoms with Crippen LogP contribution in [0.25, 0.3) is 11.3 Å². The van der Waals surface area contributed by atoms with Gasteiger partial charge < -0.3 is 14.5 Å². The molecule has 0 bridgehead atoms. The molecule has 5 nitrogen and oxygen atoms in total. The summed E-state index contributed by atoms with van der Waals surface area (Å²) in [6.45, 7) is 0. The molecule has 1 unspecified atom stereocenters. The van der Waals surface area contributed by atoms with E-state index in [0.29, 0.717) is 30.1 Å². The monoisotopic (exact) mass is 380 g/mol. The molecule has 2 aromatic carbocycles. The van der Waals surface area contributed by atoms with E-state index in [4.69, 9.17) is 9.15 Å². The second-order valence-electron chi connectivity index (χ2n) is 6.81. The Morgan fingerprint density at radius 2 is 2.11 bits per heavy atom. The SMILES string of the molecule is COc1ccc(-c2cnc(CCC(=O)NC3CCc4c(F)cccc43)o2)cc1. The molecule has 0 fully saturated rings. The summed E-state index contributed by atoms with van der Waals surface area (Å²) in [4.78, 5) is 16.6. The molecular formula is C22H21FN2O3. The lowest BCUT2D eigenvalue weighted by Crippen LogP contribution is -2.27. The lowest BCUT2D eigenvalue weighted by atomic mass is 10.1. The van der Waals surface area contributed by atoms with Gasteiger partial charge in [0.2, 0.25) is 5.91 Å². The summed E-state index contributed by atoms with van der Waals surface area (Å²) in [6, 6.07) is 12.4. The number of rotatable bonds is 6. The maximum absolute atomic E-state index is 13.8. The average Bonchev–Trinajstić information content (AvgIpc) is 3.35. The van der Waals surface area contributed by atoms with Gasteiger partial charge in [-0.05, 0) is 54.3 Å². The molecule has 0 saturated carbocycles. The number of amides is 1. The van der Waals surface area contributed by atoms with E-state index in [2.05, 4.69) is 10.3 Å². The Bertz CT molecular complexity index is 982. The van der Waals surface area contributed by atoms with Crippen LogP contribution in [-0.2, 0) is 17.6 Å². The zero-order valence-electron chi connectivity index (χ0n) is 15.6. The highest BCUT2D eigenvalue weighted by molar-refractivity contribution is 5.76. The van der Waals surface area contributed by atoms with Crippen molar-refractivity contribution >= 4 is 5.91 Å². The first-order valence-corrected chi connectivity index (χ1v) is 9.30. The lowest BCUT2D eigenvalue weighted by molar-refractivity contribution is -0.121. The van der Waals surface area contributed by atoms with Crippen LogP contribution >= 0.6 is 0 Å². The van der Waals surface area contributed by atoms with Gasteiger partial charge >= 0.3 is 0 Å². The third-order valence-electron chi connectivity index (χ3n) is 5.04. The van der Waals surface area contributed by atoms with E-state index in [0.717, 1.165) is 23.3 Å². The summed E-state index contributed by atoms with van der Waals surface area (Å²) in [5.74, 6) is 1.65. The number of methoxy groups -OCH3 is 1. The Hall–Kier alpha value is -3.15. The Balaban J connectivity index is 1.33. The number of carbonyl (C=O) groups excluding carboxylic acids is 1. The maximum atomic E-state index is 13.8. The molecule has 1 aliphatic carbocycles. The van der Waals surface area contributed by atoms with Crippen molar-refractivity contribution in [3.05, 3.63) is 71.5 Å². The first-order valence-electron chi connectivity index (χ1n) is 9.30. The Labute approximate surface area is 162 Å². The van der Waals surface area contributed by atoms with Gasteiger partial charge in [0.15, 0.2) is 11.7 Å². The van der Waals surface area contributed by atoms with Gasteiger partial charge in [-0.25, -0.2) is 9.37 Å². The minimum Gasteiger partial charge on any atom is -0.497 e.